The lowest BCUT2D eigenvalue weighted by atomic mass is 10.2. The molecule has 0 radical (unpaired) electrons. The standard InChI is InChI=1S/C27H26ClIN2O4S2/c1-2-33-24-14-19(13-23(28)26(24)35-16-18-3-7-21(29)8-4-18)15-30-31-25(32)17-34-22-9-5-20(6-10-22)27-36-11-12-37-27/h3-10,13-15,27H,2,11-12,16-17H2,1H3,(H,31,32)/b30-15-. The molecule has 0 saturated carbocycles. The summed E-state index contributed by atoms with van der Waals surface area (Å²) in [6.45, 7) is 2.56. The van der Waals surface area contributed by atoms with E-state index >= 15 is 0 Å². The van der Waals surface area contributed by atoms with Crippen LogP contribution >= 0.6 is 57.7 Å². The highest BCUT2D eigenvalue weighted by Gasteiger charge is 2.18. The van der Waals surface area contributed by atoms with Crippen LogP contribution in [0.1, 0.15) is 28.2 Å². The van der Waals surface area contributed by atoms with E-state index in [1.165, 1.54) is 23.3 Å². The second kappa shape index (κ2) is 14.2. The van der Waals surface area contributed by atoms with Gasteiger partial charge in [-0.1, -0.05) is 35.9 Å². The first kappa shape index (κ1) is 27.9. The van der Waals surface area contributed by atoms with E-state index in [1.807, 2.05) is 66.8 Å². The number of rotatable bonds is 11. The predicted molar refractivity (Wildman–Crippen MR) is 161 cm³/mol. The van der Waals surface area contributed by atoms with Crippen LogP contribution in [0, 0.1) is 3.57 Å². The van der Waals surface area contributed by atoms with E-state index in [0.717, 1.165) is 9.13 Å². The third kappa shape index (κ3) is 8.46. The van der Waals surface area contributed by atoms with Crippen molar-refractivity contribution in [2.45, 2.75) is 18.1 Å². The van der Waals surface area contributed by atoms with Crippen molar-refractivity contribution in [1.29, 1.82) is 0 Å². The van der Waals surface area contributed by atoms with E-state index in [1.54, 1.807) is 12.1 Å². The van der Waals surface area contributed by atoms with Gasteiger partial charge >= 0.3 is 0 Å². The summed E-state index contributed by atoms with van der Waals surface area (Å²) in [6, 6.07) is 19.4. The molecular weight excluding hydrogens is 643 g/mol. The molecule has 0 aromatic heterocycles. The quantitative estimate of drug-likeness (QED) is 0.136. The summed E-state index contributed by atoms with van der Waals surface area (Å²) in [6.07, 6.45) is 1.50. The monoisotopic (exact) mass is 668 g/mol. The molecule has 3 aromatic rings. The van der Waals surface area contributed by atoms with Crippen LogP contribution in [0.2, 0.25) is 5.02 Å². The Morgan fingerprint density at radius 3 is 2.51 bits per heavy atom. The molecule has 6 nitrogen and oxygen atoms in total. The molecule has 37 heavy (non-hydrogen) atoms. The highest BCUT2D eigenvalue weighted by Crippen LogP contribution is 2.45. The van der Waals surface area contributed by atoms with Crippen molar-refractivity contribution in [2.75, 3.05) is 24.7 Å². The van der Waals surface area contributed by atoms with Gasteiger partial charge in [-0.15, -0.1) is 23.5 Å². The fraction of sp³-hybridized carbons (Fsp3) is 0.259. The van der Waals surface area contributed by atoms with Gasteiger partial charge in [0.1, 0.15) is 12.4 Å². The molecule has 1 aliphatic rings. The van der Waals surface area contributed by atoms with E-state index in [4.69, 9.17) is 25.8 Å². The van der Waals surface area contributed by atoms with Crippen LogP contribution in [0.3, 0.4) is 0 Å². The zero-order chi connectivity index (χ0) is 26.0. The minimum atomic E-state index is -0.365. The van der Waals surface area contributed by atoms with Crippen LogP contribution in [-0.4, -0.2) is 36.8 Å². The van der Waals surface area contributed by atoms with Crippen molar-refractivity contribution >= 4 is 69.8 Å². The number of carbonyl (C=O) groups is 1. The minimum Gasteiger partial charge on any atom is -0.490 e. The second-order valence-corrected chi connectivity index (χ2v) is 12.3. The van der Waals surface area contributed by atoms with Gasteiger partial charge in [0.05, 0.1) is 22.4 Å². The molecule has 4 rings (SSSR count). The summed E-state index contributed by atoms with van der Waals surface area (Å²) in [5.41, 5.74) is 5.43. The number of nitrogens with zero attached hydrogens (tertiary/aromatic N) is 1. The number of benzene rings is 3. The van der Waals surface area contributed by atoms with Gasteiger partial charge in [0.15, 0.2) is 18.1 Å². The molecule has 0 bridgehead atoms. The zero-order valence-corrected chi connectivity index (χ0v) is 24.7. The first-order chi connectivity index (χ1) is 18.0. The van der Waals surface area contributed by atoms with Gasteiger partial charge in [0, 0.05) is 15.1 Å². The fourth-order valence-electron chi connectivity index (χ4n) is 3.43. The molecule has 10 heteroatoms. The Hall–Kier alpha value is -2.08. The van der Waals surface area contributed by atoms with Crippen LogP contribution in [0.4, 0.5) is 0 Å². The topological polar surface area (TPSA) is 69.2 Å². The SMILES string of the molecule is CCOc1cc(/C=N\NC(=O)COc2ccc(C3SCCS3)cc2)cc(Cl)c1OCc1ccc(I)cc1. The lowest BCUT2D eigenvalue weighted by Crippen LogP contribution is -2.24. The van der Waals surface area contributed by atoms with Crippen molar-refractivity contribution in [1.82, 2.24) is 5.43 Å². The Morgan fingerprint density at radius 2 is 1.81 bits per heavy atom. The Kier molecular flexibility index (Phi) is 10.7. The predicted octanol–water partition coefficient (Wildman–Crippen LogP) is 6.93. The molecule has 1 N–H and O–H groups in total. The molecule has 0 spiro atoms. The molecule has 194 valence electrons. The van der Waals surface area contributed by atoms with Crippen molar-refractivity contribution in [3.05, 3.63) is 85.9 Å². The Morgan fingerprint density at radius 1 is 1.08 bits per heavy atom. The van der Waals surface area contributed by atoms with E-state index in [-0.39, 0.29) is 12.5 Å². The number of halogens is 2. The second-order valence-electron chi connectivity index (χ2n) is 7.90. The number of nitrogens with one attached hydrogen (secondary N) is 1. The maximum absolute atomic E-state index is 12.2. The minimum absolute atomic E-state index is 0.139. The third-order valence-electron chi connectivity index (χ3n) is 5.17. The summed E-state index contributed by atoms with van der Waals surface area (Å²) in [4.78, 5) is 12.2. The van der Waals surface area contributed by atoms with Crippen molar-refractivity contribution in [3.8, 4) is 17.2 Å². The molecule has 1 fully saturated rings. The number of amides is 1. The highest BCUT2D eigenvalue weighted by atomic mass is 127. The van der Waals surface area contributed by atoms with E-state index in [0.29, 0.717) is 45.6 Å². The molecule has 0 aliphatic carbocycles. The highest BCUT2D eigenvalue weighted by molar-refractivity contribution is 14.1. The molecule has 1 aliphatic heterocycles. The number of ether oxygens (including phenoxy) is 3. The number of thioether (sulfide) groups is 2. The summed E-state index contributed by atoms with van der Waals surface area (Å²) in [5, 5.41) is 4.42. The van der Waals surface area contributed by atoms with Crippen LogP contribution in [0.15, 0.2) is 65.8 Å². The Bertz CT molecular complexity index is 1220. The zero-order valence-electron chi connectivity index (χ0n) is 20.1. The van der Waals surface area contributed by atoms with Gasteiger partial charge in [-0.05, 0) is 82.6 Å². The maximum Gasteiger partial charge on any atom is 0.277 e. The van der Waals surface area contributed by atoms with Crippen LogP contribution in [-0.2, 0) is 11.4 Å². The Labute approximate surface area is 244 Å². The van der Waals surface area contributed by atoms with Gasteiger partial charge < -0.3 is 14.2 Å². The van der Waals surface area contributed by atoms with Crippen LogP contribution in [0.5, 0.6) is 17.2 Å². The van der Waals surface area contributed by atoms with Crippen molar-refractivity contribution in [3.63, 3.8) is 0 Å². The average molecular weight is 669 g/mol. The first-order valence-electron chi connectivity index (χ1n) is 11.6. The van der Waals surface area contributed by atoms with E-state index in [9.17, 15) is 4.79 Å². The van der Waals surface area contributed by atoms with Gasteiger partial charge in [-0.3, -0.25) is 4.79 Å². The molecule has 1 amide bonds. The number of carbonyl (C=O) groups excluding carboxylic acids is 1. The fourth-order valence-corrected chi connectivity index (χ4v) is 6.93. The van der Waals surface area contributed by atoms with Gasteiger partial charge in [-0.2, -0.15) is 5.10 Å². The van der Waals surface area contributed by atoms with Crippen LogP contribution < -0.4 is 19.6 Å². The molecule has 1 heterocycles. The summed E-state index contributed by atoms with van der Waals surface area (Å²) in [7, 11) is 0. The van der Waals surface area contributed by atoms with Crippen molar-refractivity contribution < 1.29 is 19.0 Å². The summed E-state index contributed by atoms with van der Waals surface area (Å²) < 4.78 is 18.9. The van der Waals surface area contributed by atoms with E-state index in [2.05, 4.69) is 45.3 Å². The molecule has 0 atom stereocenters. The smallest absolute Gasteiger partial charge is 0.277 e. The molecule has 1 saturated heterocycles. The van der Waals surface area contributed by atoms with Gasteiger partial charge in [0.25, 0.3) is 5.91 Å². The number of hydrogen-bond acceptors (Lipinski definition) is 7. The number of hydrogen-bond donors (Lipinski definition) is 1. The molecular formula is C27H26ClIN2O4S2. The first-order valence-corrected chi connectivity index (χ1v) is 15.2. The average Bonchev–Trinajstić information content (AvgIpc) is 3.44. The van der Waals surface area contributed by atoms with Gasteiger partial charge in [-0.25, -0.2) is 5.43 Å². The van der Waals surface area contributed by atoms with E-state index < -0.39 is 0 Å². The molecule has 3 aromatic carbocycles. The maximum atomic E-state index is 12.2. The van der Waals surface area contributed by atoms with Crippen molar-refractivity contribution in [2.24, 2.45) is 5.10 Å². The third-order valence-corrected chi connectivity index (χ3v) is 9.28. The Balaban J connectivity index is 1.30. The number of hydrazone groups is 1. The van der Waals surface area contributed by atoms with Crippen LogP contribution in [0.25, 0.3) is 0 Å². The summed E-state index contributed by atoms with van der Waals surface area (Å²) >= 11 is 12.7. The lowest BCUT2D eigenvalue weighted by Gasteiger charge is -2.14. The summed E-state index contributed by atoms with van der Waals surface area (Å²) in [5.74, 6) is 3.61. The largest absolute Gasteiger partial charge is 0.490 e. The lowest BCUT2D eigenvalue weighted by molar-refractivity contribution is -0.123. The van der Waals surface area contributed by atoms with Gasteiger partial charge in [0.2, 0.25) is 0 Å². The normalized spacial score (nSPS) is 13.6. The molecule has 0 unspecified atom stereocenters.